The molecule has 0 N–H and O–H groups in total. The normalized spacial score (nSPS) is 10.2. The SMILES string of the molecule is O=Cc1nccn1Cc1ccco1. The van der Waals surface area contributed by atoms with Gasteiger partial charge in [0.25, 0.3) is 0 Å². The molecule has 0 bridgehead atoms. The van der Waals surface area contributed by atoms with E-state index in [1.165, 1.54) is 0 Å². The van der Waals surface area contributed by atoms with E-state index in [-0.39, 0.29) is 0 Å². The Morgan fingerprint density at radius 3 is 3.23 bits per heavy atom. The number of nitrogens with zero attached hydrogens (tertiary/aromatic N) is 2. The van der Waals surface area contributed by atoms with Crippen LogP contribution in [0.3, 0.4) is 0 Å². The highest BCUT2D eigenvalue weighted by atomic mass is 16.3. The number of furan rings is 1. The first-order valence-electron chi connectivity index (χ1n) is 3.89. The van der Waals surface area contributed by atoms with Crippen LogP contribution in [-0.4, -0.2) is 15.8 Å². The van der Waals surface area contributed by atoms with Crippen LogP contribution in [0.25, 0.3) is 0 Å². The van der Waals surface area contributed by atoms with Crippen molar-refractivity contribution in [1.29, 1.82) is 0 Å². The van der Waals surface area contributed by atoms with Gasteiger partial charge in [0.05, 0.1) is 12.8 Å². The van der Waals surface area contributed by atoms with Crippen molar-refractivity contribution in [3.8, 4) is 0 Å². The number of carbonyl (C=O) groups excluding carboxylic acids is 1. The summed E-state index contributed by atoms with van der Waals surface area (Å²) < 4.78 is 6.87. The molecule has 0 spiro atoms. The topological polar surface area (TPSA) is 48.0 Å². The van der Waals surface area contributed by atoms with Gasteiger partial charge in [0.2, 0.25) is 0 Å². The molecule has 2 aromatic rings. The van der Waals surface area contributed by atoms with Gasteiger partial charge < -0.3 is 8.98 Å². The maximum atomic E-state index is 10.5. The van der Waals surface area contributed by atoms with Crippen molar-refractivity contribution in [2.24, 2.45) is 0 Å². The second-order valence-electron chi connectivity index (χ2n) is 2.61. The molecule has 4 heteroatoms. The van der Waals surface area contributed by atoms with Crippen molar-refractivity contribution in [1.82, 2.24) is 9.55 Å². The molecule has 0 fully saturated rings. The number of hydrogen-bond donors (Lipinski definition) is 0. The molecule has 0 saturated heterocycles. The quantitative estimate of drug-likeness (QED) is 0.663. The van der Waals surface area contributed by atoms with Gasteiger partial charge in [-0.25, -0.2) is 4.98 Å². The fourth-order valence-electron chi connectivity index (χ4n) is 1.14. The van der Waals surface area contributed by atoms with E-state index in [0.717, 1.165) is 12.0 Å². The first-order valence-corrected chi connectivity index (χ1v) is 3.89. The van der Waals surface area contributed by atoms with Crippen molar-refractivity contribution in [3.05, 3.63) is 42.4 Å². The average Bonchev–Trinajstić information content (AvgIpc) is 2.76. The molecule has 0 radical (unpaired) electrons. The van der Waals surface area contributed by atoms with Crippen molar-refractivity contribution in [3.63, 3.8) is 0 Å². The third-order valence-electron chi connectivity index (χ3n) is 1.76. The number of hydrogen-bond acceptors (Lipinski definition) is 3. The van der Waals surface area contributed by atoms with Crippen LogP contribution in [0.2, 0.25) is 0 Å². The van der Waals surface area contributed by atoms with E-state index in [0.29, 0.717) is 12.4 Å². The predicted octanol–water partition coefficient (Wildman–Crippen LogP) is 1.34. The molecule has 2 rings (SSSR count). The van der Waals surface area contributed by atoms with E-state index in [4.69, 9.17) is 4.42 Å². The Hall–Kier alpha value is -1.84. The molecule has 0 aliphatic heterocycles. The summed E-state index contributed by atoms with van der Waals surface area (Å²) in [5.41, 5.74) is 0. The van der Waals surface area contributed by atoms with Crippen LogP contribution in [0.1, 0.15) is 16.4 Å². The summed E-state index contributed by atoms with van der Waals surface area (Å²) in [6.45, 7) is 0.543. The van der Waals surface area contributed by atoms with Gasteiger partial charge in [-0.1, -0.05) is 0 Å². The van der Waals surface area contributed by atoms with Gasteiger partial charge in [-0.3, -0.25) is 4.79 Å². The Balaban J connectivity index is 2.23. The van der Waals surface area contributed by atoms with Gasteiger partial charge in [0, 0.05) is 12.4 Å². The first kappa shape index (κ1) is 7.79. The van der Waals surface area contributed by atoms with Crippen molar-refractivity contribution in [2.45, 2.75) is 6.54 Å². The lowest BCUT2D eigenvalue weighted by Crippen LogP contribution is -2.02. The summed E-state index contributed by atoms with van der Waals surface area (Å²) in [6, 6.07) is 3.67. The molecule has 2 heterocycles. The highest BCUT2D eigenvalue weighted by Crippen LogP contribution is 2.04. The molecule has 0 aliphatic carbocycles. The Kier molecular flexibility index (Phi) is 1.96. The molecule has 13 heavy (non-hydrogen) atoms. The smallest absolute Gasteiger partial charge is 0.185 e. The molecular formula is C9H8N2O2. The van der Waals surface area contributed by atoms with Gasteiger partial charge in [-0.05, 0) is 12.1 Å². The molecule has 0 atom stereocenters. The highest BCUT2D eigenvalue weighted by molar-refractivity contribution is 5.69. The van der Waals surface area contributed by atoms with Crippen molar-refractivity contribution >= 4 is 6.29 Å². The minimum absolute atomic E-state index is 0.413. The summed E-state index contributed by atoms with van der Waals surface area (Å²) in [6.07, 6.45) is 5.66. The largest absolute Gasteiger partial charge is 0.467 e. The van der Waals surface area contributed by atoms with E-state index in [1.807, 2.05) is 12.1 Å². The second-order valence-corrected chi connectivity index (χ2v) is 2.61. The van der Waals surface area contributed by atoms with Crippen LogP contribution in [0, 0.1) is 0 Å². The summed E-state index contributed by atoms with van der Waals surface area (Å²) in [5.74, 6) is 1.22. The number of rotatable bonds is 3. The fraction of sp³-hybridized carbons (Fsp3) is 0.111. The molecule has 0 amide bonds. The molecular weight excluding hydrogens is 168 g/mol. The summed E-state index contributed by atoms with van der Waals surface area (Å²) >= 11 is 0. The summed E-state index contributed by atoms with van der Waals surface area (Å²) in [5, 5.41) is 0. The minimum Gasteiger partial charge on any atom is -0.467 e. The maximum Gasteiger partial charge on any atom is 0.185 e. The molecule has 2 aromatic heterocycles. The van der Waals surface area contributed by atoms with Gasteiger partial charge in [0.1, 0.15) is 5.76 Å². The van der Waals surface area contributed by atoms with Crippen LogP contribution < -0.4 is 0 Å². The summed E-state index contributed by atoms with van der Waals surface area (Å²) in [4.78, 5) is 14.4. The maximum absolute atomic E-state index is 10.5. The fourth-order valence-corrected chi connectivity index (χ4v) is 1.14. The zero-order valence-electron chi connectivity index (χ0n) is 6.88. The lowest BCUT2D eigenvalue weighted by atomic mass is 10.4. The average molecular weight is 176 g/mol. The predicted molar refractivity (Wildman–Crippen MR) is 45.4 cm³/mol. The Labute approximate surface area is 74.8 Å². The monoisotopic (exact) mass is 176 g/mol. The van der Waals surface area contributed by atoms with Crippen LogP contribution in [0.15, 0.2) is 35.2 Å². The van der Waals surface area contributed by atoms with E-state index in [1.54, 1.807) is 23.2 Å². The zero-order valence-corrected chi connectivity index (χ0v) is 6.88. The number of imidazole rings is 1. The van der Waals surface area contributed by atoms with E-state index < -0.39 is 0 Å². The molecule has 0 saturated carbocycles. The summed E-state index contributed by atoms with van der Waals surface area (Å²) in [7, 11) is 0. The number of carbonyl (C=O) groups is 1. The van der Waals surface area contributed by atoms with E-state index in [9.17, 15) is 4.79 Å². The molecule has 0 aromatic carbocycles. The van der Waals surface area contributed by atoms with Gasteiger partial charge in [-0.15, -0.1) is 0 Å². The lowest BCUT2D eigenvalue weighted by molar-refractivity contribution is 0.111. The lowest BCUT2D eigenvalue weighted by Gasteiger charge is -1.99. The van der Waals surface area contributed by atoms with Gasteiger partial charge in [-0.2, -0.15) is 0 Å². The Bertz CT molecular complexity index is 389. The van der Waals surface area contributed by atoms with Crippen LogP contribution in [0.4, 0.5) is 0 Å². The first-order chi connectivity index (χ1) is 6.40. The Morgan fingerprint density at radius 2 is 2.54 bits per heavy atom. The van der Waals surface area contributed by atoms with E-state index in [2.05, 4.69) is 4.98 Å². The molecule has 66 valence electrons. The van der Waals surface area contributed by atoms with Crippen molar-refractivity contribution < 1.29 is 9.21 Å². The van der Waals surface area contributed by atoms with Crippen molar-refractivity contribution in [2.75, 3.05) is 0 Å². The number of aromatic nitrogens is 2. The highest BCUT2D eigenvalue weighted by Gasteiger charge is 2.02. The van der Waals surface area contributed by atoms with Gasteiger partial charge in [0.15, 0.2) is 12.1 Å². The van der Waals surface area contributed by atoms with E-state index >= 15 is 0 Å². The minimum atomic E-state index is 0.413. The van der Waals surface area contributed by atoms with Crippen LogP contribution in [-0.2, 0) is 6.54 Å². The molecule has 4 nitrogen and oxygen atoms in total. The third-order valence-corrected chi connectivity index (χ3v) is 1.76. The zero-order chi connectivity index (χ0) is 9.10. The Morgan fingerprint density at radius 1 is 1.62 bits per heavy atom. The van der Waals surface area contributed by atoms with Crippen LogP contribution in [0.5, 0.6) is 0 Å². The van der Waals surface area contributed by atoms with Gasteiger partial charge >= 0.3 is 0 Å². The molecule has 0 unspecified atom stereocenters. The van der Waals surface area contributed by atoms with Crippen LogP contribution >= 0.6 is 0 Å². The third kappa shape index (κ3) is 1.51. The number of aldehydes is 1. The second kappa shape index (κ2) is 3.26. The molecule has 0 aliphatic rings. The standard InChI is InChI=1S/C9H8N2O2/c12-7-9-10-3-4-11(9)6-8-2-1-5-13-8/h1-5,7H,6H2.